The summed E-state index contributed by atoms with van der Waals surface area (Å²) in [5.74, 6) is 2.38. The number of rotatable bonds is 3. The van der Waals surface area contributed by atoms with Crippen LogP contribution >= 0.6 is 11.8 Å². The van der Waals surface area contributed by atoms with Crippen LogP contribution in [0.2, 0.25) is 0 Å². The van der Waals surface area contributed by atoms with Gasteiger partial charge in [-0.1, -0.05) is 12.1 Å². The van der Waals surface area contributed by atoms with Crippen molar-refractivity contribution >= 4 is 28.6 Å². The molecule has 1 aromatic carbocycles. The predicted octanol–water partition coefficient (Wildman–Crippen LogP) is 2.31. The second-order valence-electron chi connectivity index (χ2n) is 5.12. The van der Waals surface area contributed by atoms with E-state index in [2.05, 4.69) is 24.2 Å². The van der Waals surface area contributed by atoms with Gasteiger partial charge in [0.15, 0.2) is 0 Å². The van der Waals surface area contributed by atoms with Crippen molar-refractivity contribution in [1.29, 1.82) is 0 Å². The predicted molar refractivity (Wildman–Crippen MR) is 83.0 cm³/mol. The molecule has 0 radical (unpaired) electrons. The number of hydrogen-bond donors (Lipinski definition) is 0. The largest absolute Gasteiger partial charge is 0.341 e. The number of amides is 1. The molecule has 1 aromatic heterocycles. The van der Waals surface area contributed by atoms with E-state index in [1.54, 1.807) is 0 Å². The van der Waals surface area contributed by atoms with Gasteiger partial charge in [0.1, 0.15) is 0 Å². The Hall–Kier alpha value is -1.49. The van der Waals surface area contributed by atoms with Crippen LogP contribution in [0.5, 0.6) is 0 Å². The minimum absolute atomic E-state index is 0.251. The van der Waals surface area contributed by atoms with Crippen molar-refractivity contribution in [2.24, 2.45) is 0 Å². The molecule has 1 aliphatic rings. The van der Waals surface area contributed by atoms with Crippen LogP contribution in [0.25, 0.3) is 10.9 Å². The number of benzene rings is 1. The zero-order valence-corrected chi connectivity index (χ0v) is 12.5. The van der Waals surface area contributed by atoms with Gasteiger partial charge in [-0.25, -0.2) is 0 Å². The molecule has 20 heavy (non-hydrogen) atoms. The van der Waals surface area contributed by atoms with E-state index >= 15 is 0 Å². The molecular weight excluding hydrogens is 270 g/mol. The van der Waals surface area contributed by atoms with E-state index in [0.717, 1.165) is 30.1 Å². The quantitative estimate of drug-likeness (QED) is 0.870. The van der Waals surface area contributed by atoms with Crippen LogP contribution in [0, 0.1) is 6.92 Å². The lowest BCUT2D eigenvalue weighted by Crippen LogP contribution is -2.38. The van der Waals surface area contributed by atoms with E-state index in [-0.39, 0.29) is 5.91 Å². The highest BCUT2D eigenvalue weighted by atomic mass is 32.2. The molecule has 0 unspecified atom stereocenters. The van der Waals surface area contributed by atoms with Crippen molar-refractivity contribution in [2.45, 2.75) is 19.9 Å². The molecule has 0 N–H and O–H groups in total. The number of carbonyl (C=O) groups is 1. The monoisotopic (exact) mass is 289 g/mol. The lowest BCUT2D eigenvalue weighted by Gasteiger charge is -2.26. The van der Waals surface area contributed by atoms with Crippen LogP contribution in [-0.4, -0.2) is 45.2 Å². The third-order valence-corrected chi connectivity index (χ3v) is 4.75. The standard InChI is InChI=1S/C15H19N3OS/c1-12-3-2-4-14-13(12)11-16-18(14)6-5-15(19)17-7-9-20-10-8-17/h2-4,11H,5-10H2,1H3. The summed E-state index contributed by atoms with van der Waals surface area (Å²) in [6.45, 7) is 4.53. The summed E-state index contributed by atoms with van der Waals surface area (Å²) in [4.78, 5) is 14.2. The van der Waals surface area contributed by atoms with Gasteiger partial charge in [0.2, 0.25) is 5.91 Å². The lowest BCUT2D eigenvalue weighted by atomic mass is 10.1. The maximum atomic E-state index is 12.2. The first-order chi connectivity index (χ1) is 9.75. The number of aromatic nitrogens is 2. The van der Waals surface area contributed by atoms with Crippen molar-refractivity contribution in [3.05, 3.63) is 30.0 Å². The smallest absolute Gasteiger partial charge is 0.224 e. The Balaban J connectivity index is 1.67. The zero-order valence-electron chi connectivity index (χ0n) is 11.7. The van der Waals surface area contributed by atoms with Gasteiger partial charge in [-0.2, -0.15) is 16.9 Å². The van der Waals surface area contributed by atoms with Gasteiger partial charge in [-0.05, 0) is 18.6 Å². The third-order valence-electron chi connectivity index (χ3n) is 3.81. The Labute approximate surface area is 123 Å². The number of nitrogens with zero attached hydrogens (tertiary/aromatic N) is 3. The Morgan fingerprint density at radius 1 is 1.35 bits per heavy atom. The second-order valence-corrected chi connectivity index (χ2v) is 6.34. The molecule has 1 fully saturated rings. The first kappa shape index (κ1) is 13.5. The molecule has 1 saturated heterocycles. The number of thioether (sulfide) groups is 1. The Kier molecular flexibility index (Phi) is 3.96. The van der Waals surface area contributed by atoms with Gasteiger partial charge < -0.3 is 4.90 Å². The Morgan fingerprint density at radius 2 is 2.15 bits per heavy atom. The molecule has 0 atom stereocenters. The first-order valence-electron chi connectivity index (χ1n) is 7.02. The van der Waals surface area contributed by atoms with Crippen LogP contribution in [0.3, 0.4) is 0 Å². The van der Waals surface area contributed by atoms with Gasteiger partial charge >= 0.3 is 0 Å². The van der Waals surface area contributed by atoms with Crippen molar-refractivity contribution in [3.8, 4) is 0 Å². The summed E-state index contributed by atoms with van der Waals surface area (Å²) in [6.07, 6.45) is 2.43. The maximum Gasteiger partial charge on any atom is 0.224 e. The van der Waals surface area contributed by atoms with Crippen LogP contribution in [-0.2, 0) is 11.3 Å². The second kappa shape index (κ2) is 5.87. The van der Waals surface area contributed by atoms with Crippen LogP contribution in [0.1, 0.15) is 12.0 Å². The van der Waals surface area contributed by atoms with Crippen molar-refractivity contribution < 1.29 is 4.79 Å². The average Bonchev–Trinajstić information content (AvgIpc) is 2.90. The Bertz CT molecular complexity index is 617. The molecule has 0 spiro atoms. The Morgan fingerprint density at radius 3 is 2.95 bits per heavy atom. The summed E-state index contributed by atoms with van der Waals surface area (Å²) >= 11 is 1.92. The zero-order chi connectivity index (χ0) is 13.9. The summed E-state index contributed by atoms with van der Waals surface area (Å²) in [5, 5.41) is 5.59. The highest BCUT2D eigenvalue weighted by molar-refractivity contribution is 7.99. The van der Waals surface area contributed by atoms with Crippen molar-refractivity contribution in [3.63, 3.8) is 0 Å². The van der Waals surface area contributed by atoms with Gasteiger partial charge in [0.05, 0.1) is 18.3 Å². The maximum absolute atomic E-state index is 12.2. The van der Waals surface area contributed by atoms with Gasteiger partial charge in [-0.15, -0.1) is 0 Å². The molecule has 4 nitrogen and oxygen atoms in total. The van der Waals surface area contributed by atoms with Crippen LogP contribution in [0.15, 0.2) is 24.4 Å². The van der Waals surface area contributed by atoms with E-state index in [4.69, 9.17) is 0 Å². The molecule has 106 valence electrons. The fraction of sp³-hybridized carbons (Fsp3) is 0.467. The summed E-state index contributed by atoms with van der Waals surface area (Å²) in [5.41, 5.74) is 2.35. The molecule has 1 amide bonds. The summed E-state index contributed by atoms with van der Waals surface area (Å²) in [6, 6.07) is 6.20. The molecular formula is C15H19N3OS. The van der Waals surface area contributed by atoms with Gasteiger partial charge in [0.25, 0.3) is 0 Å². The average molecular weight is 289 g/mol. The molecule has 0 saturated carbocycles. The fourth-order valence-corrected chi connectivity index (χ4v) is 3.50. The van der Waals surface area contributed by atoms with Gasteiger partial charge in [0, 0.05) is 36.4 Å². The lowest BCUT2D eigenvalue weighted by molar-refractivity contribution is -0.131. The van der Waals surface area contributed by atoms with E-state index in [9.17, 15) is 4.79 Å². The molecule has 1 aliphatic heterocycles. The van der Waals surface area contributed by atoms with Crippen LogP contribution < -0.4 is 0 Å². The molecule has 3 rings (SSSR count). The molecule has 0 bridgehead atoms. The minimum atomic E-state index is 0.251. The summed E-state index contributed by atoms with van der Waals surface area (Å²) in [7, 11) is 0. The topological polar surface area (TPSA) is 38.1 Å². The van der Waals surface area contributed by atoms with Crippen molar-refractivity contribution in [2.75, 3.05) is 24.6 Å². The number of carbonyl (C=O) groups excluding carboxylic acids is 1. The molecule has 2 heterocycles. The molecule has 0 aliphatic carbocycles. The van der Waals surface area contributed by atoms with E-state index in [1.165, 1.54) is 10.9 Å². The third kappa shape index (κ3) is 2.68. The number of hydrogen-bond acceptors (Lipinski definition) is 3. The van der Waals surface area contributed by atoms with Crippen LogP contribution in [0.4, 0.5) is 0 Å². The highest BCUT2D eigenvalue weighted by Gasteiger charge is 2.16. The van der Waals surface area contributed by atoms with E-state index < -0.39 is 0 Å². The molecule has 5 heteroatoms. The number of fused-ring (bicyclic) bond motifs is 1. The SMILES string of the molecule is Cc1cccc2c1cnn2CCC(=O)N1CCSCC1. The number of aryl methyl sites for hydroxylation is 2. The highest BCUT2D eigenvalue weighted by Crippen LogP contribution is 2.18. The van der Waals surface area contributed by atoms with Gasteiger partial charge in [-0.3, -0.25) is 9.48 Å². The van der Waals surface area contributed by atoms with E-state index in [0.29, 0.717) is 13.0 Å². The summed E-state index contributed by atoms with van der Waals surface area (Å²) < 4.78 is 1.94. The first-order valence-corrected chi connectivity index (χ1v) is 8.18. The minimum Gasteiger partial charge on any atom is -0.341 e. The fourth-order valence-electron chi connectivity index (χ4n) is 2.60. The normalized spacial score (nSPS) is 15.8. The molecule has 2 aromatic rings. The van der Waals surface area contributed by atoms with E-state index in [1.807, 2.05) is 33.6 Å². The van der Waals surface area contributed by atoms with Crippen molar-refractivity contribution in [1.82, 2.24) is 14.7 Å².